The molecule has 2 aliphatic rings. The van der Waals surface area contributed by atoms with Gasteiger partial charge in [0.15, 0.2) is 11.5 Å². The summed E-state index contributed by atoms with van der Waals surface area (Å²) in [7, 11) is 4.71. The van der Waals surface area contributed by atoms with Crippen LogP contribution in [0.4, 0.5) is 0 Å². The number of benzene rings is 2. The van der Waals surface area contributed by atoms with E-state index in [9.17, 15) is 4.79 Å². The lowest BCUT2D eigenvalue weighted by Crippen LogP contribution is -2.27. The number of amides is 1. The summed E-state index contributed by atoms with van der Waals surface area (Å²) >= 11 is 0. The lowest BCUT2D eigenvalue weighted by atomic mass is 10.0. The highest BCUT2D eigenvalue weighted by molar-refractivity contribution is 6.39. The summed E-state index contributed by atoms with van der Waals surface area (Å²) in [5, 5.41) is 7.89. The van der Waals surface area contributed by atoms with Gasteiger partial charge >= 0.3 is 0 Å². The number of carbonyl (C=O) groups is 1. The number of nitrogens with zero attached hydrogens (tertiary/aromatic N) is 2. The number of carbonyl (C=O) groups excluding carboxylic acids is 1. The van der Waals surface area contributed by atoms with Crippen LogP contribution in [0, 0.1) is 0 Å². The van der Waals surface area contributed by atoms with Crippen molar-refractivity contribution in [3.63, 3.8) is 0 Å². The highest BCUT2D eigenvalue weighted by Crippen LogP contribution is 2.49. The zero-order chi connectivity index (χ0) is 22.5. The van der Waals surface area contributed by atoms with E-state index < -0.39 is 5.91 Å². The molecule has 4 rings (SSSR count). The number of methoxy groups -OCH3 is 3. The van der Waals surface area contributed by atoms with E-state index in [4.69, 9.17) is 28.5 Å². The molecule has 0 saturated carbocycles. The Hall–Kier alpha value is -3.95. The van der Waals surface area contributed by atoms with Crippen LogP contribution in [0.1, 0.15) is 17.5 Å². The van der Waals surface area contributed by atoms with Gasteiger partial charge < -0.3 is 28.5 Å². The molecular weight excluding hydrogens is 418 g/mol. The smallest absolute Gasteiger partial charge is 0.289 e. The molecule has 1 atom stereocenters. The number of hydrogen-bond acceptors (Lipinski definition) is 9. The number of hydrazone groups is 1. The van der Waals surface area contributed by atoms with Crippen LogP contribution in [0.5, 0.6) is 28.7 Å². The first-order valence-electron chi connectivity index (χ1n) is 9.86. The molecule has 0 aromatic heterocycles. The predicted molar refractivity (Wildman–Crippen MR) is 115 cm³/mol. The van der Waals surface area contributed by atoms with E-state index in [1.165, 1.54) is 6.21 Å². The van der Waals surface area contributed by atoms with E-state index in [0.717, 1.165) is 16.9 Å². The summed E-state index contributed by atoms with van der Waals surface area (Å²) in [5.74, 6) is 2.40. The van der Waals surface area contributed by atoms with Gasteiger partial charge in [-0.05, 0) is 35.9 Å². The second kappa shape index (κ2) is 9.46. The van der Waals surface area contributed by atoms with Gasteiger partial charge in [-0.2, -0.15) is 5.10 Å². The van der Waals surface area contributed by atoms with E-state index in [2.05, 4.69) is 15.7 Å². The largest absolute Gasteiger partial charge is 0.497 e. The van der Waals surface area contributed by atoms with Crippen LogP contribution in [0.2, 0.25) is 0 Å². The monoisotopic (exact) mass is 441 g/mol. The van der Waals surface area contributed by atoms with Crippen LogP contribution in [0.15, 0.2) is 40.6 Å². The molecule has 1 amide bonds. The summed E-state index contributed by atoms with van der Waals surface area (Å²) < 4.78 is 27.0. The molecular formula is C22H23N3O7. The summed E-state index contributed by atoms with van der Waals surface area (Å²) in [5.41, 5.74) is 4.34. The van der Waals surface area contributed by atoms with E-state index in [-0.39, 0.29) is 18.6 Å². The SMILES string of the molecule is COc1ccc(/C=N/NC(=O)C2=NOC(Cc3cc(OC)c4c(c3OC)OCO4)C2)cc1. The highest BCUT2D eigenvalue weighted by Gasteiger charge is 2.31. The molecule has 2 heterocycles. The van der Waals surface area contributed by atoms with Crippen LogP contribution >= 0.6 is 0 Å². The minimum absolute atomic E-state index is 0.0932. The molecule has 0 saturated heterocycles. The van der Waals surface area contributed by atoms with Crippen LogP contribution in [-0.2, 0) is 16.1 Å². The second-order valence-corrected chi connectivity index (χ2v) is 6.98. The van der Waals surface area contributed by atoms with Gasteiger partial charge in [0.25, 0.3) is 5.91 Å². The van der Waals surface area contributed by atoms with Crippen molar-refractivity contribution in [3.8, 4) is 28.7 Å². The maximum absolute atomic E-state index is 12.4. The van der Waals surface area contributed by atoms with Gasteiger partial charge in [0.05, 0.1) is 27.5 Å². The van der Waals surface area contributed by atoms with Gasteiger partial charge in [0.2, 0.25) is 18.3 Å². The van der Waals surface area contributed by atoms with Crippen molar-refractivity contribution in [1.29, 1.82) is 0 Å². The maximum Gasteiger partial charge on any atom is 0.289 e. The predicted octanol–water partition coefficient (Wildman–Crippen LogP) is 2.28. The molecule has 10 heteroatoms. The topological polar surface area (TPSA) is 109 Å². The summed E-state index contributed by atoms with van der Waals surface area (Å²) in [6.07, 6.45) is 1.95. The van der Waals surface area contributed by atoms with Crippen LogP contribution < -0.4 is 29.1 Å². The van der Waals surface area contributed by atoms with E-state index in [1.54, 1.807) is 21.3 Å². The lowest BCUT2D eigenvalue weighted by molar-refractivity contribution is -0.114. The Morgan fingerprint density at radius 1 is 1.16 bits per heavy atom. The van der Waals surface area contributed by atoms with E-state index in [1.807, 2.05) is 30.3 Å². The highest BCUT2D eigenvalue weighted by atomic mass is 16.7. The first kappa shape index (κ1) is 21.3. The molecule has 0 fully saturated rings. The number of oxime groups is 1. The third-order valence-electron chi connectivity index (χ3n) is 5.00. The van der Waals surface area contributed by atoms with E-state index in [0.29, 0.717) is 35.8 Å². The Bertz CT molecular complexity index is 1050. The van der Waals surface area contributed by atoms with Crippen molar-refractivity contribution in [3.05, 3.63) is 41.5 Å². The zero-order valence-electron chi connectivity index (χ0n) is 17.9. The fourth-order valence-electron chi connectivity index (χ4n) is 3.43. The third kappa shape index (κ3) is 4.39. The minimum Gasteiger partial charge on any atom is -0.497 e. The Labute approximate surface area is 184 Å². The Balaban J connectivity index is 1.36. The van der Waals surface area contributed by atoms with Gasteiger partial charge in [-0.15, -0.1) is 0 Å². The molecule has 32 heavy (non-hydrogen) atoms. The summed E-state index contributed by atoms with van der Waals surface area (Å²) in [4.78, 5) is 17.8. The molecule has 10 nitrogen and oxygen atoms in total. The fraction of sp³-hybridized carbons (Fsp3) is 0.318. The average molecular weight is 441 g/mol. The maximum atomic E-state index is 12.4. The van der Waals surface area contributed by atoms with Gasteiger partial charge in [0, 0.05) is 18.4 Å². The van der Waals surface area contributed by atoms with Crippen molar-refractivity contribution in [1.82, 2.24) is 5.43 Å². The van der Waals surface area contributed by atoms with Crippen LogP contribution in [0.25, 0.3) is 0 Å². The minimum atomic E-state index is -0.424. The van der Waals surface area contributed by atoms with Gasteiger partial charge in [-0.3, -0.25) is 4.79 Å². The molecule has 0 bridgehead atoms. The Kier molecular flexibility index (Phi) is 6.29. The molecule has 2 aromatic rings. The van der Waals surface area contributed by atoms with Gasteiger partial charge in [-0.25, -0.2) is 5.43 Å². The Morgan fingerprint density at radius 2 is 1.94 bits per heavy atom. The number of fused-ring (bicyclic) bond motifs is 1. The standard InChI is InChI=1S/C22H23N3O7/c1-27-15-6-4-13(5-7-15)11-23-24-22(26)17-10-16(32-25-17)8-14-9-18(28-2)20-21(19(14)29-3)31-12-30-20/h4-7,9,11,16H,8,10,12H2,1-3H3,(H,24,26)/b23-11+. The van der Waals surface area contributed by atoms with Crippen molar-refractivity contribution >= 4 is 17.8 Å². The quantitative estimate of drug-likeness (QED) is 0.494. The number of hydrogen-bond donors (Lipinski definition) is 1. The van der Waals surface area contributed by atoms with Crippen molar-refractivity contribution in [2.45, 2.75) is 18.9 Å². The molecule has 0 spiro atoms. The fourth-order valence-corrected chi connectivity index (χ4v) is 3.43. The van der Waals surface area contributed by atoms with Crippen LogP contribution in [-0.4, -0.2) is 52.1 Å². The summed E-state index contributed by atoms with van der Waals surface area (Å²) in [6.45, 7) is 0.0932. The molecule has 168 valence electrons. The Morgan fingerprint density at radius 3 is 2.66 bits per heavy atom. The number of nitrogens with one attached hydrogen (secondary N) is 1. The van der Waals surface area contributed by atoms with E-state index >= 15 is 0 Å². The third-order valence-corrected chi connectivity index (χ3v) is 5.00. The molecule has 1 unspecified atom stereocenters. The average Bonchev–Trinajstić information content (AvgIpc) is 3.49. The number of ether oxygens (including phenoxy) is 5. The molecule has 0 aliphatic carbocycles. The first-order chi connectivity index (χ1) is 15.6. The second-order valence-electron chi connectivity index (χ2n) is 6.98. The molecule has 1 N–H and O–H groups in total. The molecule has 2 aromatic carbocycles. The van der Waals surface area contributed by atoms with Gasteiger partial charge in [-0.1, -0.05) is 5.16 Å². The first-order valence-corrected chi connectivity index (χ1v) is 9.86. The van der Waals surface area contributed by atoms with Crippen molar-refractivity contribution in [2.24, 2.45) is 10.3 Å². The lowest BCUT2D eigenvalue weighted by Gasteiger charge is -2.15. The van der Waals surface area contributed by atoms with Crippen LogP contribution in [0.3, 0.4) is 0 Å². The normalized spacial score (nSPS) is 16.5. The van der Waals surface area contributed by atoms with Gasteiger partial charge in [0.1, 0.15) is 17.6 Å². The summed E-state index contributed by atoms with van der Waals surface area (Å²) in [6, 6.07) is 9.08. The molecule has 2 aliphatic heterocycles. The van der Waals surface area contributed by atoms with Crippen molar-refractivity contribution in [2.75, 3.05) is 28.1 Å². The zero-order valence-corrected chi connectivity index (χ0v) is 17.9. The number of rotatable bonds is 8. The van der Waals surface area contributed by atoms with Crippen molar-refractivity contribution < 1.29 is 33.3 Å². The molecule has 0 radical (unpaired) electrons.